The molecule has 1 amide bonds. The Hall–Kier alpha value is -3.11. The molecule has 1 aromatic heterocycles. The lowest BCUT2D eigenvalue weighted by molar-refractivity contribution is -0.132. The number of carbonyl (C=O) groups is 1. The molecule has 0 bridgehead atoms. The van der Waals surface area contributed by atoms with E-state index in [1.807, 2.05) is 13.0 Å². The van der Waals surface area contributed by atoms with Crippen LogP contribution in [0.25, 0.3) is 0 Å². The van der Waals surface area contributed by atoms with Gasteiger partial charge < -0.3 is 24.2 Å². The zero-order chi connectivity index (χ0) is 29.8. The number of aryl methyl sites for hydroxylation is 1. The van der Waals surface area contributed by atoms with Crippen molar-refractivity contribution in [3.05, 3.63) is 58.8 Å². The van der Waals surface area contributed by atoms with Crippen LogP contribution in [0.2, 0.25) is 0 Å². The van der Waals surface area contributed by atoms with Gasteiger partial charge in [0.1, 0.15) is 18.2 Å². The highest BCUT2D eigenvalue weighted by atomic mass is 19.1. The van der Waals surface area contributed by atoms with Gasteiger partial charge in [-0.2, -0.15) is 9.97 Å². The van der Waals surface area contributed by atoms with E-state index < -0.39 is 11.7 Å². The van der Waals surface area contributed by atoms with Crippen molar-refractivity contribution in [2.45, 2.75) is 64.0 Å². The first-order chi connectivity index (χ1) is 20.2. The van der Waals surface area contributed by atoms with Crippen molar-refractivity contribution in [3.8, 4) is 6.01 Å². The van der Waals surface area contributed by atoms with Crippen molar-refractivity contribution in [1.29, 1.82) is 0 Å². The molecular formula is C32H43F2N5O3. The zero-order valence-electron chi connectivity index (χ0n) is 25.1. The molecular weight excluding hydrogens is 540 g/mol. The molecule has 2 aliphatic heterocycles. The van der Waals surface area contributed by atoms with Gasteiger partial charge in [0.25, 0.3) is 5.91 Å². The molecule has 2 fully saturated rings. The minimum Gasteiger partial charge on any atom is -0.462 e. The summed E-state index contributed by atoms with van der Waals surface area (Å²) in [5, 5.41) is 0. The number of amides is 1. The van der Waals surface area contributed by atoms with Crippen molar-refractivity contribution >= 4 is 11.7 Å². The molecule has 1 aliphatic carbocycles. The van der Waals surface area contributed by atoms with Gasteiger partial charge in [0.2, 0.25) is 0 Å². The second-order valence-electron chi connectivity index (χ2n) is 12.0. The summed E-state index contributed by atoms with van der Waals surface area (Å²) < 4.78 is 39.9. The van der Waals surface area contributed by atoms with Crippen LogP contribution >= 0.6 is 0 Å². The Kier molecular flexibility index (Phi) is 9.73. The predicted octanol–water partition coefficient (Wildman–Crippen LogP) is 4.28. The van der Waals surface area contributed by atoms with E-state index >= 15 is 0 Å². The van der Waals surface area contributed by atoms with Crippen molar-refractivity contribution in [2.75, 3.05) is 58.5 Å². The van der Waals surface area contributed by atoms with Gasteiger partial charge in [0.05, 0.1) is 18.3 Å². The maximum Gasteiger partial charge on any atom is 0.318 e. The Morgan fingerprint density at radius 1 is 1.14 bits per heavy atom. The molecule has 0 radical (unpaired) electrons. The fourth-order valence-electron chi connectivity index (χ4n) is 6.71. The van der Waals surface area contributed by atoms with Crippen molar-refractivity contribution in [2.24, 2.45) is 5.92 Å². The smallest absolute Gasteiger partial charge is 0.318 e. The average Bonchev–Trinajstić information content (AvgIpc) is 3.39. The third-order valence-electron chi connectivity index (χ3n) is 9.20. The normalized spacial score (nSPS) is 22.7. The quantitative estimate of drug-likeness (QED) is 0.387. The van der Waals surface area contributed by atoms with E-state index in [0.717, 1.165) is 73.3 Å². The van der Waals surface area contributed by atoms with Crippen LogP contribution < -0.4 is 9.64 Å². The summed E-state index contributed by atoms with van der Waals surface area (Å²) in [5.41, 5.74) is 3.87. The van der Waals surface area contributed by atoms with Crippen LogP contribution in [0.4, 0.5) is 14.6 Å². The first kappa shape index (κ1) is 30.4. The average molecular weight is 584 g/mol. The predicted molar refractivity (Wildman–Crippen MR) is 158 cm³/mol. The van der Waals surface area contributed by atoms with Crippen molar-refractivity contribution in [3.63, 3.8) is 0 Å². The van der Waals surface area contributed by atoms with Crippen molar-refractivity contribution in [1.82, 2.24) is 19.8 Å². The second kappa shape index (κ2) is 13.5. The van der Waals surface area contributed by atoms with Gasteiger partial charge in [-0.25, -0.2) is 8.78 Å². The number of piperazine rings is 1. The first-order valence-electron chi connectivity index (χ1n) is 15.1. The van der Waals surface area contributed by atoms with Gasteiger partial charge in [-0.05, 0) is 88.6 Å². The summed E-state index contributed by atoms with van der Waals surface area (Å²) in [6.07, 6.45) is 6.37. The number of halogens is 2. The minimum atomic E-state index is -0.965. The number of likely N-dealkylation sites (tertiary alicyclic amines) is 1. The molecule has 3 aliphatic rings. The number of rotatable bonds is 10. The third-order valence-corrected chi connectivity index (χ3v) is 9.20. The second-order valence-corrected chi connectivity index (χ2v) is 12.0. The molecule has 2 saturated heterocycles. The fourth-order valence-corrected chi connectivity index (χ4v) is 6.71. The van der Waals surface area contributed by atoms with E-state index in [-0.39, 0.29) is 18.5 Å². The molecule has 0 saturated carbocycles. The van der Waals surface area contributed by atoms with Gasteiger partial charge in [-0.3, -0.25) is 4.79 Å². The van der Waals surface area contributed by atoms with Gasteiger partial charge in [-0.1, -0.05) is 18.7 Å². The maximum atomic E-state index is 14.5. The number of nitrogens with zero attached hydrogens (tertiary/aromatic N) is 5. The van der Waals surface area contributed by atoms with Crippen molar-refractivity contribution < 1.29 is 23.0 Å². The fraction of sp³-hybridized carbons (Fsp3) is 0.594. The molecule has 0 spiro atoms. The molecule has 2 aromatic rings. The molecule has 8 nitrogen and oxygen atoms in total. The Morgan fingerprint density at radius 3 is 2.69 bits per heavy atom. The largest absolute Gasteiger partial charge is 0.462 e. The van der Waals surface area contributed by atoms with Crippen LogP contribution in [0.5, 0.6) is 6.01 Å². The van der Waals surface area contributed by atoms with Gasteiger partial charge >= 0.3 is 6.01 Å². The Balaban J connectivity index is 1.38. The van der Waals surface area contributed by atoms with Gasteiger partial charge in [-0.15, -0.1) is 0 Å². The number of hydrogen-bond donors (Lipinski definition) is 0. The van der Waals surface area contributed by atoms with E-state index in [1.165, 1.54) is 11.0 Å². The maximum absolute atomic E-state index is 14.5. The topological polar surface area (TPSA) is 71.0 Å². The number of benzene rings is 1. The summed E-state index contributed by atoms with van der Waals surface area (Å²) in [5.74, 6) is -0.597. The number of carbonyl (C=O) groups excluding carboxylic acids is 1. The Labute approximate surface area is 247 Å². The van der Waals surface area contributed by atoms with E-state index in [1.54, 1.807) is 13.2 Å². The van der Waals surface area contributed by atoms with E-state index in [2.05, 4.69) is 23.4 Å². The van der Waals surface area contributed by atoms with Crippen LogP contribution in [0.15, 0.2) is 30.6 Å². The zero-order valence-corrected chi connectivity index (χ0v) is 25.1. The summed E-state index contributed by atoms with van der Waals surface area (Å²) in [4.78, 5) is 28.3. The minimum absolute atomic E-state index is 0.136. The number of hydrogen-bond acceptors (Lipinski definition) is 7. The summed E-state index contributed by atoms with van der Waals surface area (Å²) in [6, 6.07) is 5.62. The highest BCUT2D eigenvalue weighted by molar-refractivity contribution is 5.91. The highest BCUT2D eigenvalue weighted by Crippen LogP contribution is 2.35. The third kappa shape index (κ3) is 6.75. The van der Waals surface area contributed by atoms with Crippen LogP contribution in [-0.2, 0) is 28.8 Å². The number of aromatic nitrogens is 2. The van der Waals surface area contributed by atoms with Crippen LogP contribution in [-0.4, -0.2) is 91.3 Å². The molecule has 5 rings (SSSR count). The highest BCUT2D eigenvalue weighted by Gasteiger charge is 2.35. The number of anilines is 1. The molecule has 10 heteroatoms. The Morgan fingerprint density at radius 2 is 1.98 bits per heavy atom. The molecule has 0 unspecified atom stereocenters. The number of likely N-dealkylation sites (N-methyl/N-ethyl adjacent to an activating group) is 1. The SMILES string of the molecule is C=C(F)C(=O)N1CCN(c2nc(OC[C@@H]3CCCN3C)nc3c2CC[C@@H](CCc2c(C)cccc2F)C3)C[C@@H]1COC. The Bertz CT molecular complexity index is 1270. The molecule has 3 heterocycles. The molecule has 3 atom stereocenters. The van der Waals surface area contributed by atoms with E-state index in [0.29, 0.717) is 50.6 Å². The van der Waals surface area contributed by atoms with Crippen LogP contribution in [0.1, 0.15) is 48.1 Å². The monoisotopic (exact) mass is 583 g/mol. The lowest BCUT2D eigenvalue weighted by atomic mass is 9.83. The number of methoxy groups -OCH3 is 1. The molecule has 0 N–H and O–H groups in total. The van der Waals surface area contributed by atoms with Crippen LogP contribution in [0.3, 0.4) is 0 Å². The summed E-state index contributed by atoms with van der Waals surface area (Å²) >= 11 is 0. The lowest BCUT2D eigenvalue weighted by Crippen LogP contribution is -2.57. The van der Waals surface area contributed by atoms with E-state index in [4.69, 9.17) is 19.4 Å². The lowest BCUT2D eigenvalue weighted by Gasteiger charge is -2.42. The summed E-state index contributed by atoms with van der Waals surface area (Å²) in [7, 11) is 3.69. The number of fused-ring (bicyclic) bond motifs is 1. The van der Waals surface area contributed by atoms with Crippen LogP contribution in [0, 0.1) is 18.7 Å². The summed E-state index contributed by atoms with van der Waals surface area (Å²) in [6.45, 7) is 8.33. The number of ether oxygens (including phenoxy) is 2. The van der Waals surface area contributed by atoms with Gasteiger partial charge in [0.15, 0.2) is 5.83 Å². The van der Waals surface area contributed by atoms with Gasteiger partial charge in [0, 0.05) is 38.3 Å². The molecule has 228 valence electrons. The molecule has 42 heavy (non-hydrogen) atoms. The molecule has 1 aromatic carbocycles. The first-order valence-corrected chi connectivity index (χ1v) is 15.1. The van der Waals surface area contributed by atoms with E-state index in [9.17, 15) is 13.6 Å². The standard InChI is InChI=1S/C32H43F2N5O3/c1-21-7-5-9-28(34)26(21)12-10-23-11-13-27-29(17-23)35-32(42-20-24-8-6-14-37(24)3)36-30(27)38-15-16-39(31(40)22(2)33)25(18-38)19-41-4/h5,7,9,23-25H,2,6,8,10-20H2,1,3-4H3/t23-,24+,25-/m1/s1.